The van der Waals surface area contributed by atoms with E-state index in [-0.39, 0.29) is 22.9 Å². The van der Waals surface area contributed by atoms with Gasteiger partial charge in [-0.15, -0.1) is 0 Å². The number of sulfonamides is 1. The molecule has 1 atom stereocenters. The van der Waals surface area contributed by atoms with Crippen molar-refractivity contribution in [1.82, 2.24) is 15.4 Å². The van der Waals surface area contributed by atoms with E-state index in [1.165, 1.54) is 12.1 Å². The molecule has 0 radical (unpaired) electrons. The monoisotopic (exact) mass is 403 g/mol. The maximum absolute atomic E-state index is 12.7. The van der Waals surface area contributed by atoms with Crippen LogP contribution in [0.25, 0.3) is 0 Å². The van der Waals surface area contributed by atoms with E-state index in [4.69, 9.17) is 0 Å². The van der Waals surface area contributed by atoms with Crippen molar-refractivity contribution in [3.8, 4) is 0 Å². The third-order valence-corrected chi connectivity index (χ3v) is 5.68. The van der Waals surface area contributed by atoms with Gasteiger partial charge in [0.2, 0.25) is 15.9 Å². The number of rotatable bonds is 8. The van der Waals surface area contributed by atoms with Gasteiger partial charge in [0, 0.05) is 18.7 Å². The second-order valence-electron chi connectivity index (χ2n) is 6.38. The Morgan fingerprint density at radius 2 is 1.75 bits per heavy atom. The quantitative estimate of drug-likeness (QED) is 0.624. The molecule has 0 spiro atoms. The predicted octanol–water partition coefficient (Wildman–Crippen LogP) is 1.73. The molecule has 2 amide bonds. The summed E-state index contributed by atoms with van der Waals surface area (Å²) in [7, 11) is -3.81. The van der Waals surface area contributed by atoms with Crippen molar-refractivity contribution in [3.05, 3.63) is 65.2 Å². The van der Waals surface area contributed by atoms with E-state index in [1.54, 1.807) is 26.8 Å². The highest BCUT2D eigenvalue weighted by atomic mass is 32.2. The van der Waals surface area contributed by atoms with Crippen molar-refractivity contribution >= 4 is 21.8 Å². The van der Waals surface area contributed by atoms with E-state index in [2.05, 4.69) is 15.4 Å². The molecule has 150 valence electrons. The molecule has 0 saturated heterocycles. The summed E-state index contributed by atoms with van der Waals surface area (Å²) >= 11 is 0. The summed E-state index contributed by atoms with van der Waals surface area (Å²) in [5.74, 6) is -0.821. The minimum atomic E-state index is -3.81. The Hall–Kier alpha value is -2.71. The van der Waals surface area contributed by atoms with Crippen molar-refractivity contribution < 1.29 is 18.0 Å². The van der Waals surface area contributed by atoms with E-state index in [0.717, 1.165) is 5.56 Å². The molecule has 0 unspecified atom stereocenters. The Labute approximate surface area is 165 Å². The highest BCUT2D eigenvalue weighted by Gasteiger charge is 2.21. The van der Waals surface area contributed by atoms with Gasteiger partial charge in [-0.2, -0.15) is 0 Å². The minimum Gasteiger partial charge on any atom is -0.355 e. The standard InChI is InChI=1S/C20H25N3O4S/c1-4-21-19(24)15(3)23-20(25)17-11-10-14(2)18(12-17)28(26,27)22-13-16-8-6-5-7-9-16/h5-12,15,22H,4,13H2,1-3H3,(H,21,24)(H,23,25)/t15-/m0/s1. The van der Waals surface area contributed by atoms with Crippen LogP contribution in [0.5, 0.6) is 0 Å². The van der Waals surface area contributed by atoms with Gasteiger partial charge in [0.1, 0.15) is 6.04 Å². The Bertz CT molecular complexity index is 943. The zero-order valence-corrected chi connectivity index (χ0v) is 17.0. The van der Waals surface area contributed by atoms with Crippen LogP contribution in [0, 0.1) is 6.92 Å². The fourth-order valence-electron chi connectivity index (χ4n) is 2.56. The Kier molecular flexibility index (Phi) is 7.31. The lowest BCUT2D eigenvalue weighted by molar-refractivity contribution is -0.122. The molecule has 0 saturated carbocycles. The van der Waals surface area contributed by atoms with Gasteiger partial charge in [0.25, 0.3) is 5.91 Å². The minimum absolute atomic E-state index is 0.0294. The van der Waals surface area contributed by atoms with Crippen molar-refractivity contribution in [3.63, 3.8) is 0 Å². The van der Waals surface area contributed by atoms with E-state index in [0.29, 0.717) is 12.1 Å². The number of hydrogen-bond acceptors (Lipinski definition) is 4. The van der Waals surface area contributed by atoms with Gasteiger partial charge < -0.3 is 10.6 Å². The van der Waals surface area contributed by atoms with E-state index in [1.807, 2.05) is 30.3 Å². The zero-order valence-electron chi connectivity index (χ0n) is 16.2. The average Bonchev–Trinajstić information content (AvgIpc) is 2.67. The molecule has 0 aliphatic heterocycles. The summed E-state index contributed by atoms with van der Waals surface area (Å²) < 4.78 is 28.0. The van der Waals surface area contributed by atoms with Crippen LogP contribution >= 0.6 is 0 Å². The number of carbonyl (C=O) groups excluding carboxylic acids is 2. The second kappa shape index (κ2) is 9.48. The highest BCUT2D eigenvalue weighted by molar-refractivity contribution is 7.89. The van der Waals surface area contributed by atoms with Crippen LogP contribution in [0.1, 0.15) is 35.3 Å². The van der Waals surface area contributed by atoms with Gasteiger partial charge in [0.15, 0.2) is 0 Å². The van der Waals surface area contributed by atoms with Gasteiger partial charge in [-0.05, 0) is 44.0 Å². The van der Waals surface area contributed by atoms with Crippen molar-refractivity contribution in [1.29, 1.82) is 0 Å². The molecular weight excluding hydrogens is 378 g/mol. The molecule has 3 N–H and O–H groups in total. The van der Waals surface area contributed by atoms with Gasteiger partial charge in [-0.25, -0.2) is 13.1 Å². The molecule has 7 nitrogen and oxygen atoms in total. The molecule has 0 aliphatic carbocycles. The van der Waals surface area contributed by atoms with Gasteiger partial charge >= 0.3 is 0 Å². The number of aryl methyl sites for hydroxylation is 1. The smallest absolute Gasteiger partial charge is 0.251 e. The lowest BCUT2D eigenvalue weighted by atomic mass is 10.1. The molecule has 2 aromatic rings. The van der Waals surface area contributed by atoms with E-state index < -0.39 is 22.0 Å². The van der Waals surface area contributed by atoms with Crippen LogP contribution in [0.15, 0.2) is 53.4 Å². The average molecular weight is 404 g/mol. The molecule has 2 aromatic carbocycles. The first kappa shape index (κ1) is 21.6. The normalized spacial score (nSPS) is 12.2. The topological polar surface area (TPSA) is 104 Å². The number of amides is 2. The number of likely N-dealkylation sites (N-methyl/N-ethyl adjacent to an activating group) is 1. The maximum Gasteiger partial charge on any atom is 0.251 e. The highest BCUT2D eigenvalue weighted by Crippen LogP contribution is 2.18. The first-order chi connectivity index (χ1) is 13.2. The third-order valence-electron chi connectivity index (χ3n) is 4.14. The number of nitrogens with one attached hydrogen (secondary N) is 3. The fourth-order valence-corrected chi connectivity index (χ4v) is 3.84. The van der Waals surface area contributed by atoms with Crippen LogP contribution in [0.3, 0.4) is 0 Å². The molecule has 0 aliphatic rings. The fraction of sp³-hybridized carbons (Fsp3) is 0.300. The Morgan fingerprint density at radius 1 is 1.07 bits per heavy atom. The molecular formula is C20H25N3O4S. The second-order valence-corrected chi connectivity index (χ2v) is 8.12. The van der Waals surface area contributed by atoms with Crippen LogP contribution in [-0.2, 0) is 21.4 Å². The molecule has 0 aromatic heterocycles. The van der Waals surface area contributed by atoms with Crippen molar-refractivity contribution in [2.45, 2.75) is 38.3 Å². The summed E-state index contributed by atoms with van der Waals surface area (Å²) in [6, 6.07) is 12.8. The number of benzene rings is 2. The van der Waals surface area contributed by atoms with Gasteiger partial charge in [-0.1, -0.05) is 36.4 Å². The molecule has 28 heavy (non-hydrogen) atoms. The van der Waals surface area contributed by atoms with Crippen molar-refractivity contribution in [2.75, 3.05) is 6.54 Å². The lowest BCUT2D eigenvalue weighted by Crippen LogP contribution is -2.44. The van der Waals surface area contributed by atoms with Crippen LogP contribution in [0.2, 0.25) is 0 Å². The molecule has 0 fully saturated rings. The Morgan fingerprint density at radius 3 is 2.39 bits per heavy atom. The van der Waals surface area contributed by atoms with Gasteiger partial charge in [-0.3, -0.25) is 9.59 Å². The molecule has 0 heterocycles. The SMILES string of the molecule is CCNC(=O)[C@H](C)NC(=O)c1ccc(C)c(S(=O)(=O)NCc2ccccc2)c1. The summed E-state index contributed by atoms with van der Waals surface area (Å²) in [5, 5.41) is 5.19. The lowest BCUT2D eigenvalue weighted by Gasteiger charge is -2.15. The van der Waals surface area contributed by atoms with E-state index in [9.17, 15) is 18.0 Å². The van der Waals surface area contributed by atoms with Crippen molar-refractivity contribution in [2.24, 2.45) is 0 Å². The van der Waals surface area contributed by atoms with E-state index >= 15 is 0 Å². The molecule has 8 heteroatoms. The molecule has 0 bridgehead atoms. The van der Waals surface area contributed by atoms with Gasteiger partial charge in [0.05, 0.1) is 4.90 Å². The Balaban J connectivity index is 2.17. The number of hydrogen-bond donors (Lipinski definition) is 3. The number of carbonyl (C=O) groups is 2. The first-order valence-corrected chi connectivity index (χ1v) is 10.5. The maximum atomic E-state index is 12.7. The van der Waals surface area contributed by atoms with Crippen LogP contribution in [0.4, 0.5) is 0 Å². The summed E-state index contributed by atoms with van der Waals surface area (Å²) in [4.78, 5) is 24.2. The predicted molar refractivity (Wildman–Crippen MR) is 107 cm³/mol. The largest absolute Gasteiger partial charge is 0.355 e. The first-order valence-electron chi connectivity index (χ1n) is 8.97. The van der Waals surface area contributed by atoms with Crippen LogP contribution in [-0.4, -0.2) is 32.8 Å². The summed E-state index contributed by atoms with van der Waals surface area (Å²) in [5.41, 5.74) is 1.52. The third kappa shape index (κ3) is 5.64. The summed E-state index contributed by atoms with van der Waals surface area (Å²) in [6.07, 6.45) is 0. The summed E-state index contributed by atoms with van der Waals surface area (Å²) in [6.45, 7) is 5.62. The molecule has 2 rings (SSSR count). The zero-order chi connectivity index (χ0) is 20.7. The van der Waals surface area contributed by atoms with Crippen LogP contribution < -0.4 is 15.4 Å².